The topological polar surface area (TPSA) is 65.0 Å². The maximum atomic E-state index is 11.9. The highest BCUT2D eigenvalue weighted by Gasteiger charge is 2.11. The summed E-state index contributed by atoms with van der Waals surface area (Å²) in [6.45, 7) is 0. The van der Waals surface area contributed by atoms with Crippen molar-refractivity contribution in [1.82, 2.24) is 15.0 Å². The highest BCUT2D eigenvalue weighted by molar-refractivity contribution is 6.07. The highest BCUT2D eigenvalue weighted by atomic mass is 16.5. The lowest BCUT2D eigenvalue weighted by Gasteiger charge is -2.01. The largest absolute Gasteiger partial charge is 0.481 e. The van der Waals surface area contributed by atoms with E-state index in [0.29, 0.717) is 17.1 Å². The lowest BCUT2D eigenvalue weighted by Crippen LogP contribution is -2.05. The number of rotatable bonds is 3. The first-order chi connectivity index (χ1) is 7.81. The van der Waals surface area contributed by atoms with Crippen molar-refractivity contribution in [1.29, 1.82) is 0 Å². The Morgan fingerprint density at radius 3 is 2.94 bits per heavy atom. The molecule has 0 fully saturated rings. The molecule has 0 saturated carbocycles. The lowest BCUT2D eigenvalue weighted by atomic mass is 10.1. The number of methoxy groups -OCH3 is 1. The maximum Gasteiger partial charge on any atom is 0.216 e. The van der Waals surface area contributed by atoms with Gasteiger partial charge in [0.1, 0.15) is 12.0 Å². The SMILES string of the molecule is COc1cc(C(=O)c2cccnc2)ncn1. The standard InChI is InChI=1S/C11H9N3O2/c1-16-10-5-9(13-7-14-10)11(15)8-3-2-4-12-6-8/h2-7H,1H3. The smallest absolute Gasteiger partial charge is 0.216 e. The van der Waals surface area contributed by atoms with Gasteiger partial charge in [0, 0.05) is 24.0 Å². The van der Waals surface area contributed by atoms with Gasteiger partial charge in [0.25, 0.3) is 0 Å². The van der Waals surface area contributed by atoms with Crippen LogP contribution in [0.15, 0.2) is 36.9 Å². The van der Waals surface area contributed by atoms with Gasteiger partial charge < -0.3 is 4.74 Å². The summed E-state index contributed by atoms with van der Waals surface area (Å²) in [5.74, 6) is 0.163. The molecule has 0 unspecified atom stereocenters. The molecule has 2 rings (SSSR count). The Morgan fingerprint density at radius 1 is 1.38 bits per heavy atom. The average molecular weight is 215 g/mol. The second-order valence-corrected chi connectivity index (χ2v) is 3.02. The Balaban J connectivity index is 2.34. The minimum Gasteiger partial charge on any atom is -0.481 e. The predicted molar refractivity (Wildman–Crippen MR) is 56.3 cm³/mol. The molecule has 0 spiro atoms. The van der Waals surface area contributed by atoms with Crippen molar-refractivity contribution in [3.05, 3.63) is 48.2 Å². The molecular weight excluding hydrogens is 206 g/mol. The summed E-state index contributed by atoms with van der Waals surface area (Å²) in [6, 6.07) is 4.88. The van der Waals surface area contributed by atoms with E-state index in [2.05, 4.69) is 15.0 Å². The van der Waals surface area contributed by atoms with Crippen molar-refractivity contribution in [3.8, 4) is 5.88 Å². The van der Waals surface area contributed by atoms with Crippen LogP contribution >= 0.6 is 0 Å². The molecule has 0 saturated heterocycles. The third kappa shape index (κ3) is 2.03. The van der Waals surface area contributed by atoms with Crippen molar-refractivity contribution in [2.24, 2.45) is 0 Å². The summed E-state index contributed by atoms with van der Waals surface area (Å²) in [5, 5.41) is 0. The van der Waals surface area contributed by atoms with Gasteiger partial charge in [0.05, 0.1) is 7.11 Å². The predicted octanol–water partition coefficient (Wildman–Crippen LogP) is 1.11. The summed E-state index contributed by atoms with van der Waals surface area (Å²) in [7, 11) is 1.49. The minimum absolute atomic E-state index is 0.200. The van der Waals surface area contributed by atoms with Crippen LogP contribution in [0.2, 0.25) is 0 Å². The Labute approximate surface area is 92.2 Å². The van der Waals surface area contributed by atoms with Crippen molar-refractivity contribution in [2.75, 3.05) is 7.11 Å². The van der Waals surface area contributed by atoms with E-state index in [1.54, 1.807) is 18.3 Å². The van der Waals surface area contributed by atoms with Gasteiger partial charge in [0.2, 0.25) is 11.7 Å². The molecule has 16 heavy (non-hydrogen) atoms. The van der Waals surface area contributed by atoms with Gasteiger partial charge in [-0.2, -0.15) is 0 Å². The first-order valence-electron chi connectivity index (χ1n) is 4.62. The molecular formula is C11H9N3O2. The Hall–Kier alpha value is -2.30. The van der Waals surface area contributed by atoms with Crippen molar-refractivity contribution in [3.63, 3.8) is 0 Å². The summed E-state index contributed by atoms with van der Waals surface area (Å²) in [4.78, 5) is 23.5. The van der Waals surface area contributed by atoms with Crippen LogP contribution in [-0.4, -0.2) is 27.8 Å². The molecule has 0 aliphatic carbocycles. The first kappa shape index (κ1) is 10.2. The molecule has 0 N–H and O–H groups in total. The molecule has 2 aromatic heterocycles. The normalized spacial score (nSPS) is 9.81. The van der Waals surface area contributed by atoms with Crippen LogP contribution in [0.25, 0.3) is 0 Å². The molecule has 2 heterocycles. The molecule has 0 aromatic carbocycles. The highest BCUT2D eigenvalue weighted by Crippen LogP contribution is 2.10. The molecule has 0 amide bonds. The van der Waals surface area contributed by atoms with E-state index in [9.17, 15) is 4.79 Å². The number of hydrogen-bond acceptors (Lipinski definition) is 5. The Kier molecular flexibility index (Phi) is 2.86. The molecule has 0 aliphatic heterocycles. The van der Waals surface area contributed by atoms with Crippen LogP contribution in [-0.2, 0) is 0 Å². The number of nitrogens with zero attached hydrogens (tertiary/aromatic N) is 3. The zero-order chi connectivity index (χ0) is 11.4. The second kappa shape index (κ2) is 4.48. The van der Waals surface area contributed by atoms with Crippen molar-refractivity contribution >= 4 is 5.78 Å². The molecule has 0 aliphatic rings. The molecule has 80 valence electrons. The van der Waals surface area contributed by atoms with Gasteiger partial charge in [0.15, 0.2) is 0 Å². The van der Waals surface area contributed by atoms with E-state index < -0.39 is 0 Å². The maximum absolute atomic E-state index is 11.9. The van der Waals surface area contributed by atoms with Crippen LogP contribution in [0, 0.1) is 0 Å². The fourth-order valence-corrected chi connectivity index (χ4v) is 1.22. The molecule has 5 heteroatoms. The fourth-order valence-electron chi connectivity index (χ4n) is 1.22. The van der Waals surface area contributed by atoms with E-state index >= 15 is 0 Å². The lowest BCUT2D eigenvalue weighted by molar-refractivity contribution is 0.103. The third-order valence-electron chi connectivity index (χ3n) is 2.01. The zero-order valence-electron chi connectivity index (χ0n) is 8.62. The van der Waals surface area contributed by atoms with E-state index in [0.717, 1.165) is 0 Å². The van der Waals surface area contributed by atoms with E-state index in [-0.39, 0.29) is 5.78 Å². The number of carbonyl (C=O) groups excluding carboxylic acids is 1. The number of aromatic nitrogens is 3. The van der Waals surface area contributed by atoms with Gasteiger partial charge in [-0.05, 0) is 12.1 Å². The summed E-state index contributed by atoms with van der Waals surface area (Å²) < 4.78 is 4.92. The molecule has 2 aromatic rings. The van der Waals surface area contributed by atoms with Gasteiger partial charge in [-0.25, -0.2) is 9.97 Å². The second-order valence-electron chi connectivity index (χ2n) is 3.02. The van der Waals surface area contributed by atoms with E-state index in [1.807, 2.05) is 0 Å². The van der Waals surface area contributed by atoms with Gasteiger partial charge in [-0.3, -0.25) is 9.78 Å². The number of carbonyl (C=O) groups is 1. The van der Waals surface area contributed by atoms with Gasteiger partial charge in [-0.1, -0.05) is 0 Å². The third-order valence-corrected chi connectivity index (χ3v) is 2.01. The Morgan fingerprint density at radius 2 is 2.25 bits per heavy atom. The molecule has 5 nitrogen and oxygen atoms in total. The number of ether oxygens (including phenoxy) is 1. The summed E-state index contributed by atoms with van der Waals surface area (Å²) in [5.41, 5.74) is 0.781. The summed E-state index contributed by atoms with van der Waals surface area (Å²) >= 11 is 0. The van der Waals surface area contributed by atoms with Gasteiger partial charge in [-0.15, -0.1) is 0 Å². The number of ketones is 1. The van der Waals surface area contributed by atoms with Gasteiger partial charge >= 0.3 is 0 Å². The van der Waals surface area contributed by atoms with Crippen LogP contribution < -0.4 is 4.74 Å². The number of pyridine rings is 1. The summed E-state index contributed by atoms with van der Waals surface area (Å²) in [6.07, 6.45) is 4.40. The quantitative estimate of drug-likeness (QED) is 0.717. The first-order valence-corrected chi connectivity index (χ1v) is 4.62. The minimum atomic E-state index is -0.200. The van der Waals surface area contributed by atoms with Crippen LogP contribution in [0.5, 0.6) is 5.88 Å². The number of hydrogen-bond donors (Lipinski definition) is 0. The van der Waals surface area contributed by atoms with Crippen molar-refractivity contribution in [2.45, 2.75) is 0 Å². The average Bonchev–Trinajstić information content (AvgIpc) is 2.39. The zero-order valence-corrected chi connectivity index (χ0v) is 8.62. The molecule has 0 radical (unpaired) electrons. The van der Waals surface area contributed by atoms with E-state index in [1.165, 1.54) is 25.7 Å². The monoisotopic (exact) mass is 215 g/mol. The Bertz CT molecular complexity index is 500. The molecule has 0 atom stereocenters. The van der Waals surface area contributed by atoms with Crippen LogP contribution in [0.1, 0.15) is 16.1 Å². The van der Waals surface area contributed by atoms with E-state index in [4.69, 9.17) is 4.74 Å². The van der Waals surface area contributed by atoms with Crippen molar-refractivity contribution < 1.29 is 9.53 Å². The molecule has 0 bridgehead atoms. The fraction of sp³-hybridized carbons (Fsp3) is 0.0909. The van der Waals surface area contributed by atoms with Crippen LogP contribution in [0.4, 0.5) is 0 Å². The van der Waals surface area contributed by atoms with Crippen LogP contribution in [0.3, 0.4) is 0 Å².